The van der Waals surface area contributed by atoms with Crippen molar-refractivity contribution in [3.8, 4) is 16.9 Å². The summed E-state index contributed by atoms with van der Waals surface area (Å²) in [5.41, 5.74) is 1.81. The first-order valence-electron chi connectivity index (χ1n) is 8.87. The van der Waals surface area contributed by atoms with Gasteiger partial charge in [0.2, 0.25) is 0 Å². The van der Waals surface area contributed by atoms with E-state index in [0.717, 1.165) is 37.3 Å². The summed E-state index contributed by atoms with van der Waals surface area (Å²) in [6.45, 7) is 5.92. The van der Waals surface area contributed by atoms with Crippen molar-refractivity contribution < 1.29 is 9.53 Å². The van der Waals surface area contributed by atoms with Gasteiger partial charge in [0.15, 0.2) is 6.61 Å². The highest BCUT2D eigenvalue weighted by atomic mass is 16.5. The minimum atomic E-state index is -0.134. The average Bonchev–Trinajstić information content (AvgIpc) is 3.07. The molecule has 26 heavy (non-hydrogen) atoms. The summed E-state index contributed by atoms with van der Waals surface area (Å²) in [4.78, 5) is 16.8. The van der Waals surface area contributed by atoms with Crippen molar-refractivity contribution in [2.75, 3.05) is 39.8 Å². The topological polar surface area (TPSA) is 62.6 Å². The van der Waals surface area contributed by atoms with Gasteiger partial charge in [0.25, 0.3) is 5.91 Å². The number of para-hydroxylation sites is 1. The normalized spacial score (nSPS) is 17.0. The van der Waals surface area contributed by atoms with Crippen molar-refractivity contribution >= 4 is 5.91 Å². The van der Waals surface area contributed by atoms with E-state index in [1.54, 1.807) is 16.9 Å². The lowest BCUT2D eigenvalue weighted by molar-refractivity contribution is -0.125. The highest BCUT2D eigenvalue weighted by molar-refractivity contribution is 5.78. The highest BCUT2D eigenvalue weighted by Crippen LogP contribution is 2.28. The molecule has 1 atom stereocenters. The molecule has 1 amide bonds. The third-order valence-electron chi connectivity index (χ3n) is 4.64. The van der Waals surface area contributed by atoms with E-state index in [9.17, 15) is 4.79 Å². The molecule has 0 bridgehead atoms. The number of piperazine rings is 1. The Labute approximate surface area is 154 Å². The number of nitrogens with one attached hydrogen (secondary N) is 1. The molecule has 2 heterocycles. The lowest BCUT2D eigenvalue weighted by Crippen LogP contribution is -2.54. The number of aromatic nitrogens is 2. The lowest BCUT2D eigenvalue weighted by atomic mass is 10.1. The number of nitrogens with zero attached hydrogens (tertiary/aromatic N) is 4. The van der Waals surface area contributed by atoms with E-state index < -0.39 is 0 Å². The largest absolute Gasteiger partial charge is 0.482 e. The number of rotatable bonds is 6. The van der Waals surface area contributed by atoms with E-state index in [2.05, 4.69) is 33.3 Å². The summed E-state index contributed by atoms with van der Waals surface area (Å²) in [7, 11) is 3.98. The smallest absolute Gasteiger partial charge is 0.259 e. The van der Waals surface area contributed by atoms with Gasteiger partial charge in [-0.1, -0.05) is 18.2 Å². The third kappa shape index (κ3) is 4.62. The first-order valence-corrected chi connectivity index (χ1v) is 8.87. The molecule has 1 aromatic carbocycles. The summed E-state index contributed by atoms with van der Waals surface area (Å²) in [5, 5.41) is 7.20. The summed E-state index contributed by atoms with van der Waals surface area (Å²) >= 11 is 0. The van der Waals surface area contributed by atoms with Crippen molar-refractivity contribution in [1.82, 2.24) is 24.9 Å². The van der Waals surface area contributed by atoms with Crippen molar-refractivity contribution in [3.05, 3.63) is 36.7 Å². The molecule has 0 spiro atoms. The number of aryl methyl sites for hydroxylation is 1. The molecule has 1 N–H and O–H groups in total. The zero-order valence-corrected chi connectivity index (χ0v) is 15.6. The van der Waals surface area contributed by atoms with E-state index in [0.29, 0.717) is 5.75 Å². The Morgan fingerprint density at radius 3 is 2.81 bits per heavy atom. The molecule has 139 valence electrons. The SMILES string of the molecule is CC(NC(=O)COc1[c]cccc1-c1cnn(C)c1)N1CCN(C)CC1. The molecule has 1 radical (unpaired) electrons. The van der Waals surface area contributed by atoms with Crippen LogP contribution < -0.4 is 10.1 Å². The Bertz CT molecular complexity index is 737. The van der Waals surface area contributed by atoms with Crippen LogP contribution in [-0.2, 0) is 11.8 Å². The number of carbonyl (C=O) groups excluding carboxylic acids is 1. The molecule has 7 heteroatoms. The van der Waals surface area contributed by atoms with Gasteiger partial charge < -0.3 is 15.0 Å². The molecule has 1 aliphatic rings. The Kier molecular flexibility index (Phi) is 5.90. The number of ether oxygens (including phenoxy) is 1. The van der Waals surface area contributed by atoms with E-state index in [1.807, 2.05) is 32.3 Å². The van der Waals surface area contributed by atoms with Gasteiger partial charge in [0.1, 0.15) is 5.75 Å². The molecule has 1 fully saturated rings. The van der Waals surface area contributed by atoms with E-state index in [-0.39, 0.29) is 18.7 Å². The van der Waals surface area contributed by atoms with Crippen LogP contribution in [0, 0.1) is 6.07 Å². The molecule has 0 aliphatic carbocycles. The predicted octanol–water partition coefficient (Wildman–Crippen LogP) is 0.976. The fraction of sp³-hybridized carbons (Fsp3) is 0.474. The second-order valence-corrected chi connectivity index (χ2v) is 6.69. The molecule has 7 nitrogen and oxygen atoms in total. The van der Waals surface area contributed by atoms with Crippen molar-refractivity contribution in [2.24, 2.45) is 7.05 Å². The molecule has 1 aromatic heterocycles. The molecule has 1 unspecified atom stereocenters. The Morgan fingerprint density at radius 1 is 1.35 bits per heavy atom. The average molecular weight is 356 g/mol. The molecule has 0 saturated carbocycles. The molecule has 1 saturated heterocycles. The van der Waals surface area contributed by atoms with Gasteiger partial charge >= 0.3 is 0 Å². The van der Waals surface area contributed by atoms with Crippen LogP contribution in [0.3, 0.4) is 0 Å². The van der Waals surface area contributed by atoms with E-state index in [4.69, 9.17) is 4.74 Å². The van der Waals surface area contributed by atoms with Gasteiger partial charge in [-0.05, 0) is 14.0 Å². The molecule has 1 aliphatic heterocycles. The third-order valence-corrected chi connectivity index (χ3v) is 4.64. The predicted molar refractivity (Wildman–Crippen MR) is 99.6 cm³/mol. The zero-order chi connectivity index (χ0) is 18.5. The molecule has 3 rings (SSSR count). The van der Waals surface area contributed by atoms with Gasteiger partial charge in [-0.3, -0.25) is 14.4 Å². The minimum Gasteiger partial charge on any atom is -0.482 e. The van der Waals surface area contributed by atoms with Crippen LogP contribution in [-0.4, -0.2) is 71.5 Å². The van der Waals surface area contributed by atoms with Crippen LogP contribution in [0.1, 0.15) is 6.92 Å². The Balaban J connectivity index is 1.55. The Hall–Kier alpha value is -2.38. The van der Waals surface area contributed by atoms with Crippen LogP contribution in [0.25, 0.3) is 11.1 Å². The van der Waals surface area contributed by atoms with Crippen molar-refractivity contribution in [1.29, 1.82) is 0 Å². The summed E-state index contributed by atoms with van der Waals surface area (Å²) in [5.74, 6) is 0.425. The summed E-state index contributed by atoms with van der Waals surface area (Å²) in [6.07, 6.45) is 3.68. The number of hydrogen-bond donors (Lipinski definition) is 1. The standard InChI is InChI=1S/C19H26N5O2/c1-15(24-10-8-22(2)9-11-24)21-19(25)14-26-18-7-5-4-6-17(18)16-12-20-23(3)13-16/h4-6,12-13,15H,8-11,14H2,1-3H3,(H,21,25). The van der Waals surface area contributed by atoms with Crippen LogP contribution >= 0.6 is 0 Å². The van der Waals surface area contributed by atoms with Gasteiger partial charge in [-0.2, -0.15) is 5.10 Å². The highest BCUT2D eigenvalue weighted by Gasteiger charge is 2.20. The van der Waals surface area contributed by atoms with Gasteiger partial charge in [0, 0.05) is 56.6 Å². The lowest BCUT2D eigenvalue weighted by Gasteiger charge is -2.36. The number of benzene rings is 1. The first kappa shape index (κ1) is 18.4. The quantitative estimate of drug-likeness (QED) is 0.836. The number of carbonyl (C=O) groups is 1. The molecular weight excluding hydrogens is 330 g/mol. The molecular formula is C19H26N5O2. The van der Waals surface area contributed by atoms with E-state index in [1.165, 1.54) is 0 Å². The maximum atomic E-state index is 12.3. The summed E-state index contributed by atoms with van der Waals surface area (Å²) < 4.78 is 7.47. The van der Waals surface area contributed by atoms with Gasteiger partial charge in [0.05, 0.1) is 12.4 Å². The monoisotopic (exact) mass is 356 g/mol. The van der Waals surface area contributed by atoms with Gasteiger partial charge in [-0.15, -0.1) is 0 Å². The first-order chi connectivity index (χ1) is 12.5. The van der Waals surface area contributed by atoms with Crippen LogP contribution in [0.4, 0.5) is 0 Å². The second-order valence-electron chi connectivity index (χ2n) is 6.69. The fourth-order valence-corrected chi connectivity index (χ4v) is 3.04. The minimum absolute atomic E-state index is 0.00246. The van der Waals surface area contributed by atoms with Crippen molar-refractivity contribution in [2.45, 2.75) is 13.1 Å². The fourth-order valence-electron chi connectivity index (χ4n) is 3.04. The van der Waals surface area contributed by atoms with Crippen molar-refractivity contribution in [3.63, 3.8) is 0 Å². The van der Waals surface area contributed by atoms with E-state index >= 15 is 0 Å². The molecule has 2 aromatic rings. The maximum Gasteiger partial charge on any atom is 0.259 e. The second kappa shape index (κ2) is 8.33. The Morgan fingerprint density at radius 2 is 2.12 bits per heavy atom. The summed E-state index contributed by atoms with van der Waals surface area (Å²) in [6, 6.07) is 8.68. The van der Waals surface area contributed by atoms with Crippen LogP contribution in [0.5, 0.6) is 5.75 Å². The maximum absolute atomic E-state index is 12.3. The number of hydrogen-bond acceptors (Lipinski definition) is 5. The van der Waals surface area contributed by atoms with Crippen LogP contribution in [0.2, 0.25) is 0 Å². The van der Waals surface area contributed by atoms with Gasteiger partial charge in [-0.25, -0.2) is 0 Å². The number of amides is 1. The number of likely N-dealkylation sites (N-methyl/N-ethyl adjacent to an activating group) is 1. The zero-order valence-electron chi connectivity index (χ0n) is 15.6. The van der Waals surface area contributed by atoms with Crippen LogP contribution in [0.15, 0.2) is 30.6 Å².